The minimum absolute atomic E-state index is 0.0973. The van der Waals surface area contributed by atoms with Gasteiger partial charge in [-0.2, -0.15) is 10.5 Å². The molecule has 4 aromatic rings. The molecule has 1 aliphatic heterocycles. The van der Waals surface area contributed by atoms with Gasteiger partial charge in [0.25, 0.3) is 5.91 Å². The van der Waals surface area contributed by atoms with Gasteiger partial charge in [0, 0.05) is 49.1 Å². The number of piperidine rings is 1. The van der Waals surface area contributed by atoms with Crippen LogP contribution in [0.15, 0.2) is 61.1 Å². The van der Waals surface area contributed by atoms with Gasteiger partial charge >= 0.3 is 0 Å². The Kier molecular flexibility index (Phi) is 9.78. The van der Waals surface area contributed by atoms with Crippen LogP contribution in [0.3, 0.4) is 0 Å². The quantitative estimate of drug-likeness (QED) is 0.120. The number of phenols is 1. The number of aromatic nitrogens is 3. The van der Waals surface area contributed by atoms with Gasteiger partial charge in [-0.3, -0.25) is 20.0 Å². The molecule has 4 N–H and O–H groups in total. The Morgan fingerprint density at radius 3 is 2.50 bits per heavy atom. The number of phenolic OH excluding ortho intramolecular Hbond substituents is 1. The van der Waals surface area contributed by atoms with E-state index in [0.29, 0.717) is 53.4 Å². The van der Waals surface area contributed by atoms with Crippen molar-refractivity contribution < 1.29 is 24.2 Å². The third-order valence-corrected chi connectivity index (χ3v) is 7.65. The number of ether oxygens (including phenoxy) is 1. The molecule has 2 aromatic heterocycles. The number of nitrogens with zero attached hydrogens (tertiary/aromatic N) is 6. The second kappa shape index (κ2) is 14.3. The number of aromatic hydroxyl groups is 1. The number of anilines is 1. The summed E-state index contributed by atoms with van der Waals surface area (Å²) in [6.07, 6.45) is 8.85. The van der Waals surface area contributed by atoms with Crippen LogP contribution < -0.4 is 20.4 Å². The van der Waals surface area contributed by atoms with Crippen LogP contribution in [0.5, 0.6) is 11.5 Å². The number of nitrogens with one attached hydrogen (secondary N) is 2. The third-order valence-electron chi connectivity index (χ3n) is 7.65. The maximum absolute atomic E-state index is 14.8. The Labute approximate surface area is 264 Å². The van der Waals surface area contributed by atoms with E-state index in [9.17, 15) is 24.8 Å². The summed E-state index contributed by atoms with van der Waals surface area (Å²) in [5, 5.41) is 42.2. The van der Waals surface area contributed by atoms with Crippen LogP contribution in [0.1, 0.15) is 35.4 Å². The second-order valence-electron chi connectivity index (χ2n) is 10.4. The number of nitriles is 2. The average Bonchev–Trinajstić information content (AvgIpc) is 3.09. The molecule has 0 bridgehead atoms. The van der Waals surface area contributed by atoms with Crippen molar-refractivity contribution in [3.8, 4) is 45.9 Å². The molecule has 1 saturated heterocycles. The molecule has 0 aliphatic carbocycles. The molecule has 1 fully saturated rings. The standard InChI is InChI=1S/C33H29FN8O4/c1-46-30-6-4-20(13-29(30)43)27-19-40-33(26(15-36)32(27)21-2-3-22(14-35)28(34)12-21)42-10-8-23(9-11-42)37-17-25-18-38-24(16-39-25)5-7-31(44)41-45/h2-7,12-13,16,18-19,23,37,43,45H,8-11,17H2,1H3,(H,41,44)/b7-5+. The lowest BCUT2D eigenvalue weighted by molar-refractivity contribution is -0.124. The fourth-order valence-corrected chi connectivity index (χ4v) is 5.27. The van der Waals surface area contributed by atoms with Crippen LogP contribution in [0.25, 0.3) is 28.3 Å². The maximum atomic E-state index is 14.8. The van der Waals surface area contributed by atoms with Crippen LogP contribution in [-0.4, -0.2) is 57.4 Å². The molecule has 5 rings (SSSR count). The molecule has 232 valence electrons. The van der Waals surface area contributed by atoms with E-state index in [0.717, 1.165) is 24.6 Å². The van der Waals surface area contributed by atoms with Crippen molar-refractivity contribution in [1.29, 1.82) is 10.5 Å². The predicted molar refractivity (Wildman–Crippen MR) is 166 cm³/mol. The molecule has 0 unspecified atom stereocenters. The first-order valence-electron chi connectivity index (χ1n) is 14.3. The van der Waals surface area contributed by atoms with Crippen molar-refractivity contribution in [2.75, 3.05) is 25.1 Å². The van der Waals surface area contributed by atoms with Gasteiger partial charge < -0.3 is 20.1 Å². The zero-order valence-electron chi connectivity index (χ0n) is 24.7. The summed E-state index contributed by atoms with van der Waals surface area (Å²) in [6, 6.07) is 13.3. The third kappa shape index (κ3) is 6.92. The molecule has 2 aromatic carbocycles. The van der Waals surface area contributed by atoms with E-state index in [-0.39, 0.29) is 28.7 Å². The van der Waals surface area contributed by atoms with Crippen LogP contribution in [0.2, 0.25) is 0 Å². The first-order chi connectivity index (χ1) is 22.3. The van der Waals surface area contributed by atoms with Crippen molar-refractivity contribution in [2.24, 2.45) is 0 Å². The second-order valence-corrected chi connectivity index (χ2v) is 10.4. The summed E-state index contributed by atoms with van der Waals surface area (Å²) in [6.45, 7) is 1.69. The first-order valence-corrected chi connectivity index (χ1v) is 14.3. The molecule has 1 aliphatic rings. The predicted octanol–water partition coefficient (Wildman–Crippen LogP) is 4.08. The van der Waals surface area contributed by atoms with Crippen molar-refractivity contribution in [3.63, 3.8) is 0 Å². The Morgan fingerprint density at radius 2 is 1.87 bits per heavy atom. The number of pyridine rings is 1. The number of methoxy groups -OCH3 is 1. The summed E-state index contributed by atoms with van der Waals surface area (Å²) in [5.74, 6) is -0.722. The minimum atomic E-state index is -0.706. The van der Waals surface area contributed by atoms with Gasteiger partial charge in [-0.1, -0.05) is 12.1 Å². The number of hydroxylamine groups is 1. The van der Waals surface area contributed by atoms with E-state index >= 15 is 0 Å². The number of carbonyl (C=O) groups excluding carboxylic acids is 1. The molecular formula is C33H29FN8O4. The molecule has 0 radical (unpaired) electrons. The maximum Gasteiger partial charge on any atom is 0.267 e. The summed E-state index contributed by atoms with van der Waals surface area (Å²) >= 11 is 0. The lowest BCUT2D eigenvalue weighted by Crippen LogP contribution is -2.43. The fraction of sp³-hybridized carbons (Fsp3) is 0.212. The molecule has 0 spiro atoms. The van der Waals surface area contributed by atoms with Crippen molar-refractivity contribution >= 4 is 17.8 Å². The van der Waals surface area contributed by atoms with Gasteiger partial charge in [0.1, 0.15) is 29.3 Å². The van der Waals surface area contributed by atoms with Crippen molar-refractivity contribution in [2.45, 2.75) is 25.4 Å². The van der Waals surface area contributed by atoms with Crippen LogP contribution >= 0.6 is 0 Å². The summed E-state index contributed by atoms with van der Waals surface area (Å²) in [4.78, 5) is 26.5. The Balaban J connectivity index is 1.36. The minimum Gasteiger partial charge on any atom is -0.504 e. The summed E-state index contributed by atoms with van der Waals surface area (Å²) < 4.78 is 20.0. The molecule has 0 saturated carbocycles. The van der Waals surface area contributed by atoms with E-state index in [1.807, 2.05) is 11.0 Å². The lowest BCUT2D eigenvalue weighted by atomic mass is 9.91. The monoisotopic (exact) mass is 620 g/mol. The number of rotatable bonds is 9. The molecule has 13 heteroatoms. The van der Waals surface area contributed by atoms with Gasteiger partial charge in [-0.05, 0) is 54.3 Å². The zero-order chi connectivity index (χ0) is 32.6. The first kappa shape index (κ1) is 31.5. The Morgan fingerprint density at radius 1 is 1.09 bits per heavy atom. The van der Waals surface area contributed by atoms with Crippen molar-refractivity contribution in [1.82, 2.24) is 25.7 Å². The van der Waals surface area contributed by atoms with E-state index in [2.05, 4.69) is 26.3 Å². The van der Waals surface area contributed by atoms with Gasteiger partial charge in [0.15, 0.2) is 11.5 Å². The molecule has 3 heterocycles. The molecular weight excluding hydrogens is 591 g/mol. The Bertz CT molecular complexity index is 1860. The summed E-state index contributed by atoms with van der Waals surface area (Å²) in [5.41, 5.74) is 4.75. The summed E-state index contributed by atoms with van der Waals surface area (Å²) in [7, 11) is 1.44. The molecule has 12 nitrogen and oxygen atoms in total. The molecule has 46 heavy (non-hydrogen) atoms. The number of amides is 1. The van der Waals surface area contributed by atoms with Crippen LogP contribution in [-0.2, 0) is 11.3 Å². The van der Waals surface area contributed by atoms with Crippen LogP contribution in [0.4, 0.5) is 10.2 Å². The average molecular weight is 621 g/mol. The highest BCUT2D eigenvalue weighted by atomic mass is 19.1. The van der Waals surface area contributed by atoms with Crippen LogP contribution in [0, 0.1) is 28.5 Å². The highest BCUT2D eigenvalue weighted by molar-refractivity contribution is 5.91. The van der Waals surface area contributed by atoms with Gasteiger partial charge in [0.2, 0.25) is 0 Å². The fourth-order valence-electron chi connectivity index (χ4n) is 5.27. The highest BCUT2D eigenvalue weighted by Gasteiger charge is 2.26. The smallest absolute Gasteiger partial charge is 0.267 e. The molecule has 1 amide bonds. The normalized spacial score (nSPS) is 13.3. The van der Waals surface area contributed by atoms with E-state index < -0.39 is 11.7 Å². The van der Waals surface area contributed by atoms with E-state index in [1.54, 1.807) is 30.6 Å². The highest BCUT2D eigenvalue weighted by Crippen LogP contribution is 2.41. The zero-order valence-corrected chi connectivity index (χ0v) is 24.7. The van der Waals surface area contributed by atoms with Crippen molar-refractivity contribution in [3.05, 3.63) is 89.4 Å². The van der Waals surface area contributed by atoms with Gasteiger partial charge in [-0.15, -0.1) is 0 Å². The molecule has 0 atom stereocenters. The number of hydrogen-bond donors (Lipinski definition) is 4. The number of benzene rings is 2. The number of hydrogen-bond acceptors (Lipinski definition) is 11. The number of halogens is 1. The van der Waals surface area contributed by atoms with E-state index in [4.69, 9.17) is 9.94 Å². The largest absolute Gasteiger partial charge is 0.504 e. The SMILES string of the molecule is COc1ccc(-c2cnc(N3CCC(NCc4cnc(/C=C/C(=O)NO)cn4)CC3)c(C#N)c2-c2ccc(C#N)c(F)c2)cc1O. The topological polar surface area (TPSA) is 180 Å². The van der Waals surface area contributed by atoms with Gasteiger partial charge in [-0.25, -0.2) is 14.9 Å². The lowest BCUT2D eigenvalue weighted by Gasteiger charge is -2.34. The van der Waals surface area contributed by atoms with E-state index in [1.165, 1.54) is 43.1 Å². The van der Waals surface area contributed by atoms with Gasteiger partial charge in [0.05, 0.1) is 36.5 Å². The Hall–Kier alpha value is -5.89. The number of carbonyl (C=O) groups is 1.